The fraction of sp³-hybridized carbons (Fsp3) is 0.417. The molecule has 1 aliphatic heterocycles. The maximum absolute atomic E-state index is 13.0. The standard InChI is InChI=1S/C24H27N5O4/c1-32-17-4-2-15(3-5-17)16-12-18-19(20(30)13-16)14-26-22-21(18)23(31)28-24(27-22)25-6-7-29-8-10-33-11-9-29/h2-5,14,16H,6-13H2,1H3,(H2,25,26,27,28,31)/t16-/m1/s1. The molecule has 0 amide bonds. The molecule has 1 aromatic carbocycles. The molecule has 5 rings (SSSR count). The minimum Gasteiger partial charge on any atom is -0.497 e. The Balaban J connectivity index is 1.39. The summed E-state index contributed by atoms with van der Waals surface area (Å²) in [5.41, 5.74) is 2.37. The summed E-state index contributed by atoms with van der Waals surface area (Å²) in [6.45, 7) is 4.78. The number of methoxy groups -OCH3 is 1. The number of ketones is 1. The Labute approximate surface area is 191 Å². The number of benzene rings is 1. The lowest BCUT2D eigenvalue weighted by molar-refractivity contribution is 0.0398. The lowest BCUT2D eigenvalue weighted by atomic mass is 9.79. The third-order valence-electron chi connectivity index (χ3n) is 6.44. The van der Waals surface area contributed by atoms with Gasteiger partial charge in [0, 0.05) is 44.4 Å². The number of rotatable bonds is 6. The van der Waals surface area contributed by atoms with Crippen molar-refractivity contribution < 1.29 is 14.3 Å². The number of ether oxygens (including phenoxy) is 2. The summed E-state index contributed by atoms with van der Waals surface area (Å²) in [5, 5.41) is 3.59. The van der Waals surface area contributed by atoms with Crippen LogP contribution in [0, 0.1) is 0 Å². The third-order valence-corrected chi connectivity index (χ3v) is 6.44. The van der Waals surface area contributed by atoms with Crippen LogP contribution in [0.25, 0.3) is 11.0 Å². The van der Waals surface area contributed by atoms with E-state index < -0.39 is 0 Å². The second-order valence-electron chi connectivity index (χ2n) is 8.45. The van der Waals surface area contributed by atoms with Crippen LogP contribution in [0.4, 0.5) is 5.95 Å². The number of aromatic amines is 1. The van der Waals surface area contributed by atoms with E-state index in [9.17, 15) is 9.59 Å². The minimum atomic E-state index is -0.276. The SMILES string of the molecule is COc1ccc([C@H]2CC(=O)c3cnc4nc(NCCN5CCOCC5)[nH]c(=O)c4c3C2)cc1. The zero-order valence-corrected chi connectivity index (χ0v) is 18.6. The number of fused-ring (bicyclic) bond motifs is 3. The van der Waals surface area contributed by atoms with Gasteiger partial charge in [-0.1, -0.05) is 12.1 Å². The van der Waals surface area contributed by atoms with Crippen molar-refractivity contribution in [3.8, 4) is 5.75 Å². The molecule has 1 atom stereocenters. The Kier molecular flexibility index (Phi) is 6.06. The van der Waals surface area contributed by atoms with Crippen LogP contribution in [-0.2, 0) is 11.2 Å². The van der Waals surface area contributed by atoms with E-state index in [0.29, 0.717) is 41.9 Å². The maximum Gasteiger partial charge on any atom is 0.262 e. The van der Waals surface area contributed by atoms with Crippen molar-refractivity contribution in [2.24, 2.45) is 0 Å². The molecule has 33 heavy (non-hydrogen) atoms. The molecule has 1 saturated heterocycles. The molecule has 2 aliphatic rings. The summed E-state index contributed by atoms with van der Waals surface area (Å²) in [7, 11) is 1.62. The number of morpholine rings is 1. The average molecular weight is 450 g/mol. The molecule has 2 aromatic heterocycles. The van der Waals surface area contributed by atoms with E-state index >= 15 is 0 Å². The summed E-state index contributed by atoms with van der Waals surface area (Å²) in [4.78, 5) is 39.9. The van der Waals surface area contributed by atoms with Crippen LogP contribution in [0.15, 0.2) is 35.3 Å². The number of Topliss-reactive ketones (excluding diaryl/α,β-unsaturated/α-hetero) is 1. The molecule has 0 bridgehead atoms. The number of pyridine rings is 1. The van der Waals surface area contributed by atoms with Gasteiger partial charge in [0.2, 0.25) is 5.95 Å². The van der Waals surface area contributed by atoms with Crippen LogP contribution >= 0.6 is 0 Å². The lowest BCUT2D eigenvalue weighted by Crippen LogP contribution is -2.39. The molecule has 9 nitrogen and oxygen atoms in total. The smallest absolute Gasteiger partial charge is 0.262 e. The minimum absolute atomic E-state index is 0.00131. The van der Waals surface area contributed by atoms with Gasteiger partial charge in [-0.15, -0.1) is 0 Å². The molecule has 1 aliphatic carbocycles. The van der Waals surface area contributed by atoms with E-state index in [0.717, 1.165) is 49.7 Å². The second kappa shape index (κ2) is 9.29. The molecule has 1 fully saturated rings. The first-order chi connectivity index (χ1) is 16.1. The molecule has 0 unspecified atom stereocenters. The molecular formula is C24H27N5O4. The number of nitrogens with one attached hydrogen (secondary N) is 2. The van der Waals surface area contributed by atoms with Gasteiger partial charge in [-0.2, -0.15) is 4.98 Å². The van der Waals surface area contributed by atoms with E-state index in [-0.39, 0.29) is 17.3 Å². The fourth-order valence-corrected chi connectivity index (χ4v) is 4.62. The van der Waals surface area contributed by atoms with Crippen molar-refractivity contribution >= 4 is 22.8 Å². The molecule has 0 saturated carbocycles. The third kappa shape index (κ3) is 4.46. The van der Waals surface area contributed by atoms with Gasteiger partial charge in [-0.3, -0.25) is 19.5 Å². The molecule has 3 heterocycles. The molecule has 2 N–H and O–H groups in total. The molecule has 9 heteroatoms. The van der Waals surface area contributed by atoms with E-state index in [1.807, 2.05) is 24.3 Å². The zero-order chi connectivity index (χ0) is 22.8. The van der Waals surface area contributed by atoms with Gasteiger partial charge in [-0.05, 0) is 35.6 Å². The molecule has 172 valence electrons. The van der Waals surface area contributed by atoms with Crippen LogP contribution in [0.1, 0.15) is 33.8 Å². The van der Waals surface area contributed by atoms with Crippen LogP contribution < -0.4 is 15.6 Å². The van der Waals surface area contributed by atoms with E-state index in [2.05, 4.69) is 25.2 Å². The maximum atomic E-state index is 13.0. The van der Waals surface area contributed by atoms with Crippen LogP contribution in [0.2, 0.25) is 0 Å². The first-order valence-electron chi connectivity index (χ1n) is 11.3. The van der Waals surface area contributed by atoms with Crippen molar-refractivity contribution in [1.29, 1.82) is 0 Å². The molecular weight excluding hydrogens is 422 g/mol. The predicted octanol–water partition coefficient (Wildman–Crippen LogP) is 1.98. The van der Waals surface area contributed by atoms with Crippen molar-refractivity contribution in [3.63, 3.8) is 0 Å². The highest BCUT2D eigenvalue weighted by atomic mass is 16.5. The highest BCUT2D eigenvalue weighted by molar-refractivity contribution is 6.02. The van der Waals surface area contributed by atoms with E-state index in [4.69, 9.17) is 9.47 Å². The lowest BCUT2D eigenvalue weighted by Gasteiger charge is -2.26. The highest BCUT2D eigenvalue weighted by Gasteiger charge is 2.29. The number of carbonyl (C=O) groups excluding carboxylic acids is 1. The first kappa shape index (κ1) is 21.5. The number of carbonyl (C=O) groups is 1. The first-order valence-corrected chi connectivity index (χ1v) is 11.3. The van der Waals surface area contributed by atoms with Gasteiger partial charge in [0.1, 0.15) is 5.75 Å². The van der Waals surface area contributed by atoms with E-state index in [1.54, 1.807) is 13.3 Å². The molecule has 0 spiro atoms. The topological polar surface area (TPSA) is 109 Å². The van der Waals surface area contributed by atoms with Crippen LogP contribution in [0.5, 0.6) is 5.75 Å². The summed E-state index contributed by atoms with van der Waals surface area (Å²) in [6.07, 6.45) is 2.54. The number of hydrogen-bond donors (Lipinski definition) is 2. The van der Waals surface area contributed by atoms with E-state index in [1.165, 1.54) is 0 Å². The zero-order valence-electron chi connectivity index (χ0n) is 18.6. The van der Waals surface area contributed by atoms with Gasteiger partial charge in [0.15, 0.2) is 11.4 Å². The second-order valence-corrected chi connectivity index (χ2v) is 8.45. The predicted molar refractivity (Wildman–Crippen MR) is 124 cm³/mol. The Morgan fingerprint density at radius 1 is 1.18 bits per heavy atom. The van der Waals surface area contributed by atoms with Crippen LogP contribution in [0.3, 0.4) is 0 Å². The van der Waals surface area contributed by atoms with Gasteiger partial charge in [0.05, 0.1) is 25.7 Å². The Hall–Kier alpha value is -3.30. The Morgan fingerprint density at radius 2 is 1.97 bits per heavy atom. The van der Waals surface area contributed by atoms with Gasteiger partial charge in [-0.25, -0.2) is 4.98 Å². The molecule has 3 aromatic rings. The van der Waals surface area contributed by atoms with Gasteiger partial charge < -0.3 is 14.8 Å². The van der Waals surface area contributed by atoms with Crippen molar-refractivity contribution in [2.45, 2.75) is 18.8 Å². The van der Waals surface area contributed by atoms with Crippen LogP contribution in [-0.4, -0.2) is 72.1 Å². The van der Waals surface area contributed by atoms with Crippen molar-refractivity contribution in [2.75, 3.05) is 51.8 Å². The fourth-order valence-electron chi connectivity index (χ4n) is 4.62. The number of H-pyrrole nitrogens is 1. The van der Waals surface area contributed by atoms with Crippen molar-refractivity contribution in [1.82, 2.24) is 19.9 Å². The number of nitrogens with zero attached hydrogens (tertiary/aromatic N) is 3. The molecule has 0 radical (unpaired) electrons. The van der Waals surface area contributed by atoms with Gasteiger partial charge >= 0.3 is 0 Å². The normalized spacial score (nSPS) is 18.8. The largest absolute Gasteiger partial charge is 0.497 e. The Morgan fingerprint density at radius 3 is 2.73 bits per heavy atom. The number of hydrogen-bond acceptors (Lipinski definition) is 8. The summed E-state index contributed by atoms with van der Waals surface area (Å²) >= 11 is 0. The van der Waals surface area contributed by atoms with Crippen molar-refractivity contribution in [3.05, 3.63) is 57.5 Å². The number of anilines is 1. The quantitative estimate of drug-likeness (QED) is 0.588. The summed E-state index contributed by atoms with van der Waals surface area (Å²) in [6, 6.07) is 7.74. The summed E-state index contributed by atoms with van der Waals surface area (Å²) in [5.74, 6) is 1.15. The average Bonchev–Trinajstić information content (AvgIpc) is 2.84. The highest BCUT2D eigenvalue weighted by Crippen LogP contribution is 2.35. The monoisotopic (exact) mass is 449 g/mol. The summed E-state index contributed by atoms with van der Waals surface area (Å²) < 4.78 is 10.6. The van der Waals surface area contributed by atoms with Gasteiger partial charge in [0.25, 0.3) is 5.56 Å². The Bertz CT molecular complexity index is 1220. The number of aromatic nitrogens is 3.